The molecule has 7 aromatic carbocycles. The molecule has 0 radical (unpaired) electrons. The van der Waals surface area contributed by atoms with Crippen molar-refractivity contribution in [3.63, 3.8) is 0 Å². The number of hydrogen-bond acceptors (Lipinski definition) is 3. The fraction of sp³-hybridized carbons (Fsp3) is 0. The van der Waals surface area contributed by atoms with Gasteiger partial charge in [0.05, 0.1) is 32.3 Å². The molecule has 0 aliphatic heterocycles. The first-order valence-corrected chi connectivity index (χ1v) is 17.8. The number of benzene rings is 7. The normalized spacial score (nSPS) is 12.2. The van der Waals surface area contributed by atoms with E-state index in [0.29, 0.717) is 0 Å². The van der Waals surface area contributed by atoms with E-state index in [1.807, 2.05) is 11.3 Å². The van der Waals surface area contributed by atoms with Gasteiger partial charge in [0, 0.05) is 47.4 Å². The van der Waals surface area contributed by atoms with Crippen LogP contribution in [0.25, 0.3) is 95.9 Å². The van der Waals surface area contributed by atoms with Gasteiger partial charge in [-0.15, -0.1) is 11.3 Å². The van der Waals surface area contributed by atoms with Crippen molar-refractivity contribution in [2.75, 3.05) is 0 Å². The molecule has 0 aliphatic rings. The molecule has 0 unspecified atom stereocenters. The monoisotopic (exact) mass is 647 g/mol. The molecule has 11 rings (SSSR count). The lowest BCUT2D eigenvalue weighted by Crippen LogP contribution is -1.95. The minimum Gasteiger partial charge on any atom is -0.309 e. The summed E-state index contributed by atoms with van der Waals surface area (Å²) in [7, 11) is 0. The van der Waals surface area contributed by atoms with Crippen molar-refractivity contribution in [1.82, 2.24) is 14.1 Å². The summed E-state index contributed by atoms with van der Waals surface area (Å²) in [4.78, 5) is 5.45. The number of thiazole rings is 1. The lowest BCUT2D eigenvalue weighted by Gasteiger charge is -2.09. The number of fused-ring (bicyclic) bond motifs is 11. The highest BCUT2D eigenvalue weighted by atomic mass is 32.1. The van der Waals surface area contributed by atoms with Crippen molar-refractivity contribution in [3.05, 3.63) is 152 Å². The molecule has 0 saturated heterocycles. The van der Waals surface area contributed by atoms with E-state index >= 15 is 0 Å². The van der Waals surface area contributed by atoms with Crippen LogP contribution >= 0.6 is 22.7 Å². The molecule has 224 valence electrons. The van der Waals surface area contributed by atoms with Crippen LogP contribution in [0, 0.1) is 0 Å². The number of thiophene rings is 1. The van der Waals surface area contributed by atoms with Crippen LogP contribution in [0.2, 0.25) is 0 Å². The zero-order chi connectivity index (χ0) is 31.3. The Balaban J connectivity index is 1.15. The predicted octanol–water partition coefficient (Wildman–Crippen LogP) is 12.5. The molecule has 0 atom stereocenters. The van der Waals surface area contributed by atoms with Crippen LogP contribution in [-0.2, 0) is 0 Å². The van der Waals surface area contributed by atoms with Gasteiger partial charge in [-0.25, -0.2) is 4.98 Å². The Morgan fingerprint density at radius 2 is 1.00 bits per heavy atom. The standard InChI is InChI=1S/C43H25N3S2/c1-2-10-26(11-3-1)27-18-21-38-33(24-27)41-39(47-38)22-23-40-42(41)44-43(48-40)46-36-17-9-6-14-31(36)32-25-28(19-20-37(32)46)45-34-15-7-4-12-29(34)30-13-5-8-16-35(30)45/h1-25H. The van der Waals surface area contributed by atoms with Gasteiger partial charge in [0.15, 0.2) is 5.13 Å². The maximum Gasteiger partial charge on any atom is 0.195 e. The van der Waals surface area contributed by atoms with Crippen molar-refractivity contribution in [1.29, 1.82) is 0 Å². The molecule has 3 nitrogen and oxygen atoms in total. The molecule has 0 bridgehead atoms. The third-order valence-electron chi connectivity index (χ3n) is 9.77. The maximum absolute atomic E-state index is 5.45. The lowest BCUT2D eigenvalue weighted by molar-refractivity contribution is 1.14. The highest BCUT2D eigenvalue weighted by Gasteiger charge is 2.20. The largest absolute Gasteiger partial charge is 0.309 e. The van der Waals surface area contributed by atoms with E-state index in [4.69, 9.17) is 4.98 Å². The summed E-state index contributed by atoms with van der Waals surface area (Å²) in [5, 5.41) is 8.52. The summed E-state index contributed by atoms with van der Waals surface area (Å²) in [5.74, 6) is 0. The first kappa shape index (κ1) is 26.3. The van der Waals surface area contributed by atoms with Gasteiger partial charge < -0.3 is 4.57 Å². The Kier molecular flexibility index (Phi) is 5.42. The van der Waals surface area contributed by atoms with Crippen LogP contribution in [0.1, 0.15) is 0 Å². The molecule has 5 heteroatoms. The Labute approximate surface area is 283 Å². The van der Waals surface area contributed by atoms with E-state index in [2.05, 4.69) is 161 Å². The Morgan fingerprint density at radius 3 is 1.75 bits per heavy atom. The Hall–Kier alpha value is -5.75. The molecule has 0 aliphatic carbocycles. The van der Waals surface area contributed by atoms with E-state index in [9.17, 15) is 0 Å². The molecule has 4 aromatic heterocycles. The summed E-state index contributed by atoms with van der Waals surface area (Å²) < 4.78 is 8.53. The van der Waals surface area contributed by atoms with Gasteiger partial charge >= 0.3 is 0 Å². The third kappa shape index (κ3) is 3.66. The van der Waals surface area contributed by atoms with Gasteiger partial charge in [0.1, 0.15) is 0 Å². The molecule has 48 heavy (non-hydrogen) atoms. The number of rotatable bonds is 3. The second-order valence-electron chi connectivity index (χ2n) is 12.4. The zero-order valence-electron chi connectivity index (χ0n) is 25.6. The van der Waals surface area contributed by atoms with E-state index in [0.717, 1.165) is 21.9 Å². The van der Waals surface area contributed by atoms with Crippen molar-refractivity contribution in [2.24, 2.45) is 0 Å². The van der Waals surface area contributed by atoms with Gasteiger partial charge in [-0.3, -0.25) is 4.57 Å². The van der Waals surface area contributed by atoms with E-state index < -0.39 is 0 Å². The van der Waals surface area contributed by atoms with Crippen LogP contribution in [0.4, 0.5) is 0 Å². The van der Waals surface area contributed by atoms with E-state index in [1.54, 1.807) is 11.3 Å². The maximum atomic E-state index is 5.45. The SMILES string of the molecule is c1ccc(-c2ccc3sc4ccc5sc(-n6c7ccccc7c7cc(-n8c9ccccc9c9ccccc98)ccc76)nc5c4c3c2)cc1. The van der Waals surface area contributed by atoms with Crippen LogP contribution < -0.4 is 0 Å². The molecular weight excluding hydrogens is 623 g/mol. The number of nitrogens with zero attached hydrogens (tertiary/aromatic N) is 3. The van der Waals surface area contributed by atoms with Crippen molar-refractivity contribution < 1.29 is 0 Å². The first-order chi connectivity index (χ1) is 23.8. The molecule has 0 amide bonds. The molecule has 0 spiro atoms. The van der Waals surface area contributed by atoms with Crippen LogP contribution in [0.15, 0.2) is 152 Å². The number of aromatic nitrogens is 3. The summed E-state index contributed by atoms with van der Waals surface area (Å²) >= 11 is 3.62. The summed E-state index contributed by atoms with van der Waals surface area (Å²) in [6, 6.07) is 55.1. The fourth-order valence-electron chi connectivity index (χ4n) is 7.65. The second kappa shape index (κ2) is 9.88. The quantitative estimate of drug-likeness (QED) is 0.187. The average Bonchev–Trinajstić information content (AvgIpc) is 3.90. The van der Waals surface area contributed by atoms with Crippen LogP contribution in [0.3, 0.4) is 0 Å². The van der Waals surface area contributed by atoms with Gasteiger partial charge in [0.25, 0.3) is 0 Å². The van der Waals surface area contributed by atoms with Crippen molar-refractivity contribution >= 4 is 96.7 Å². The van der Waals surface area contributed by atoms with Gasteiger partial charge in [-0.1, -0.05) is 102 Å². The third-order valence-corrected chi connectivity index (χ3v) is 11.9. The number of hydrogen-bond donors (Lipinski definition) is 0. The van der Waals surface area contributed by atoms with Gasteiger partial charge in [-0.05, 0) is 71.8 Å². The minimum absolute atomic E-state index is 0.992. The first-order valence-electron chi connectivity index (χ1n) is 16.1. The van der Waals surface area contributed by atoms with Gasteiger partial charge in [-0.2, -0.15) is 0 Å². The summed E-state index contributed by atoms with van der Waals surface area (Å²) in [5.41, 5.74) is 9.48. The van der Waals surface area contributed by atoms with Gasteiger partial charge in [0.2, 0.25) is 0 Å². The number of para-hydroxylation sites is 3. The zero-order valence-corrected chi connectivity index (χ0v) is 27.2. The van der Waals surface area contributed by atoms with E-state index in [-0.39, 0.29) is 0 Å². The fourth-order valence-corrected chi connectivity index (χ4v) is 9.75. The lowest BCUT2D eigenvalue weighted by atomic mass is 10.0. The molecular formula is C43H25N3S2. The smallest absolute Gasteiger partial charge is 0.195 e. The molecule has 4 heterocycles. The average molecular weight is 648 g/mol. The summed E-state index contributed by atoms with van der Waals surface area (Å²) in [6.45, 7) is 0. The second-order valence-corrected chi connectivity index (χ2v) is 14.5. The predicted molar refractivity (Wildman–Crippen MR) is 207 cm³/mol. The highest BCUT2D eigenvalue weighted by Crippen LogP contribution is 2.43. The van der Waals surface area contributed by atoms with Crippen LogP contribution in [-0.4, -0.2) is 14.1 Å². The van der Waals surface area contributed by atoms with Crippen molar-refractivity contribution in [2.45, 2.75) is 0 Å². The van der Waals surface area contributed by atoms with Crippen LogP contribution in [0.5, 0.6) is 0 Å². The van der Waals surface area contributed by atoms with Crippen molar-refractivity contribution in [3.8, 4) is 21.9 Å². The molecule has 11 aromatic rings. The minimum atomic E-state index is 0.992. The molecule has 0 N–H and O–H groups in total. The van der Waals surface area contributed by atoms with E-state index in [1.165, 1.54) is 74.1 Å². The Bertz CT molecular complexity index is 3010. The highest BCUT2D eigenvalue weighted by molar-refractivity contribution is 7.26. The topological polar surface area (TPSA) is 22.8 Å². The molecule has 0 fully saturated rings. The Morgan fingerprint density at radius 1 is 0.396 bits per heavy atom. The summed E-state index contributed by atoms with van der Waals surface area (Å²) in [6.07, 6.45) is 0. The molecule has 0 saturated carbocycles.